The van der Waals surface area contributed by atoms with Gasteiger partial charge < -0.3 is 10.1 Å². The predicted molar refractivity (Wildman–Crippen MR) is 129 cm³/mol. The molecule has 0 fully saturated rings. The molecule has 0 bridgehead atoms. The third-order valence-corrected chi connectivity index (χ3v) is 5.67. The zero-order valence-corrected chi connectivity index (χ0v) is 19.1. The minimum atomic E-state index is -0.212. The van der Waals surface area contributed by atoms with Crippen molar-refractivity contribution < 1.29 is 9.53 Å². The van der Waals surface area contributed by atoms with E-state index in [-0.39, 0.29) is 5.91 Å². The first-order valence-corrected chi connectivity index (χ1v) is 10.6. The fraction of sp³-hybridized carbons (Fsp3) is 0.185. The second-order valence-corrected chi connectivity index (χ2v) is 8.10. The number of hydrogen-bond acceptors (Lipinski definition) is 3. The van der Waals surface area contributed by atoms with Crippen molar-refractivity contribution in [2.24, 2.45) is 0 Å². The minimum absolute atomic E-state index is 0.212. The first-order chi connectivity index (χ1) is 15.4. The maximum Gasteiger partial charge on any atom is 0.274 e. The average Bonchev–Trinajstić information content (AvgIpc) is 3.23. The van der Waals surface area contributed by atoms with Gasteiger partial charge in [0.25, 0.3) is 5.91 Å². The predicted octanol–water partition coefficient (Wildman–Crippen LogP) is 6.03. The van der Waals surface area contributed by atoms with Crippen molar-refractivity contribution in [1.29, 1.82) is 0 Å². The Labute approximate surface area is 188 Å². The average molecular weight is 426 g/mol. The molecular weight excluding hydrogens is 398 g/mol. The van der Waals surface area contributed by atoms with Crippen LogP contribution < -0.4 is 10.1 Å². The van der Waals surface area contributed by atoms with Crippen LogP contribution in [0.25, 0.3) is 16.9 Å². The van der Waals surface area contributed by atoms with Crippen LogP contribution >= 0.6 is 0 Å². The van der Waals surface area contributed by atoms with Gasteiger partial charge in [0.05, 0.1) is 18.5 Å². The first kappa shape index (κ1) is 21.4. The maximum absolute atomic E-state index is 13.4. The quantitative estimate of drug-likeness (QED) is 0.424. The smallest absolute Gasteiger partial charge is 0.274 e. The highest BCUT2D eigenvalue weighted by atomic mass is 16.5. The zero-order valence-electron chi connectivity index (χ0n) is 19.1. The van der Waals surface area contributed by atoms with Crippen LogP contribution in [0.2, 0.25) is 0 Å². The summed E-state index contributed by atoms with van der Waals surface area (Å²) in [5.41, 5.74) is 8.14. The lowest BCUT2D eigenvalue weighted by molar-refractivity contribution is 0.101. The second kappa shape index (κ2) is 8.71. The number of nitrogens with one attached hydrogen (secondary N) is 1. The highest BCUT2D eigenvalue weighted by molar-refractivity contribution is 6.04. The van der Waals surface area contributed by atoms with E-state index in [9.17, 15) is 4.79 Å². The number of amides is 1. The molecule has 0 atom stereocenters. The molecule has 0 aliphatic rings. The molecule has 1 heterocycles. The third kappa shape index (κ3) is 4.28. The summed E-state index contributed by atoms with van der Waals surface area (Å²) in [6.07, 6.45) is 0. The van der Waals surface area contributed by atoms with Crippen LogP contribution in [0, 0.1) is 27.7 Å². The molecule has 0 radical (unpaired) electrons. The largest absolute Gasteiger partial charge is 0.497 e. The summed E-state index contributed by atoms with van der Waals surface area (Å²) >= 11 is 0. The maximum atomic E-state index is 13.4. The number of methoxy groups -OCH3 is 1. The lowest BCUT2D eigenvalue weighted by Crippen LogP contribution is -2.17. The molecule has 1 aromatic heterocycles. The normalized spacial score (nSPS) is 10.8. The molecule has 5 heteroatoms. The van der Waals surface area contributed by atoms with Gasteiger partial charge in [-0.05, 0) is 86.3 Å². The van der Waals surface area contributed by atoms with Crippen LogP contribution in [0.3, 0.4) is 0 Å². The number of benzene rings is 3. The first-order valence-electron chi connectivity index (χ1n) is 10.6. The summed E-state index contributed by atoms with van der Waals surface area (Å²) in [7, 11) is 1.64. The van der Waals surface area contributed by atoms with E-state index in [1.54, 1.807) is 11.8 Å². The van der Waals surface area contributed by atoms with Crippen LogP contribution in [0.15, 0.2) is 66.7 Å². The number of nitrogens with zero attached hydrogens (tertiary/aromatic N) is 2. The summed E-state index contributed by atoms with van der Waals surface area (Å²) in [4.78, 5) is 13.4. The molecule has 0 saturated carbocycles. The fourth-order valence-electron chi connectivity index (χ4n) is 3.61. The number of carbonyl (C=O) groups is 1. The van der Waals surface area contributed by atoms with Gasteiger partial charge in [-0.2, -0.15) is 5.10 Å². The molecule has 0 aliphatic carbocycles. The molecule has 4 rings (SSSR count). The summed E-state index contributed by atoms with van der Waals surface area (Å²) in [6, 6.07) is 21.6. The number of hydrogen-bond donors (Lipinski definition) is 1. The SMILES string of the molecule is COc1cccc(-c2cc(C(=O)Nc3ccc(C)c(C)c3)n(-c3cc(C)ccc3C)n2)c1. The number of aryl methyl sites for hydroxylation is 4. The molecule has 32 heavy (non-hydrogen) atoms. The minimum Gasteiger partial charge on any atom is -0.497 e. The van der Waals surface area contributed by atoms with E-state index in [1.807, 2.05) is 81.4 Å². The van der Waals surface area contributed by atoms with Gasteiger partial charge in [0, 0.05) is 11.3 Å². The Morgan fingerprint density at radius 1 is 0.875 bits per heavy atom. The van der Waals surface area contributed by atoms with Crippen LogP contribution in [-0.2, 0) is 0 Å². The Morgan fingerprint density at radius 2 is 1.66 bits per heavy atom. The standard InChI is InChI=1S/C27H27N3O2/c1-17-9-10-19(3)25(13-17)30-26(27(31)28-22-12-11-18(2)20(4)14-22)16-24(29-30)21-7-6-8-23(15-21)32-5/h6-16H,1-5H3,(H,28,31). The van der Waals surface area contributed by atoms with Crippen molar-refractivity contribution in [3.05, 3.63) is 94.7 Å². The molecule has 1 N–H and O–H groups in total. The Kier molecular flexibility index (Phi) is 5.82. The van der Waals surface area contributed by atoms with E-state index in [4.69, 9.17) is 9.84 Å². The molecule has 4 aromatic rings. The van der Waals surface area contributed by atoms with Crippen LogP contribution in [-0.4, -0.2) is 22.8 Å². The van der Waals surface area contributed by atoms with Gasteiger partial charge in [-0.1, -0.05) is 30.3 Å². The molecular formula is C27H27N3O2. The number of carbonyl (C=O) groups excluding carboxylic acids is 1. The molecule has 5 nitrogen and oxygen atoms in total. The Balaban J connectivity index is 1.81. The monoisotopic (exact) mass is 425 g/mol. The number of anilines is 1. The van der Waals surface area contributed by atoms with Crippen LogP contribution in [0.5, 0.6) is 5.75 Å². The molecule has 0 saturated heterocycles. The van der Waals surface area contributed by atoms with E-state index in [2.05, 4.69) is 18.3 Å². The summed E-state index contributed by atoms with van der Waals surface area (Å²) in [6.45, 7) is 8.14. The molecule has 162 valence electrons. The summed E-state index contributed by atoms with van der Waals surface area (Å²) in [5, 5.41) is 7.86. The highest BCUT2D eigenvalue weighted by Gasteiger charge is 2.19. The van der Waals surface area contributed by atoms with Gasteiger partial charge in [0.2, 0.25) is 0 Å². The van der Waals surface area contributed by atoms with Gasteiger partial charge in [0.15, 0.2) is 0 Å². The fourth-order valence-corrected chi connectivity index (χ4v) is 3.61. The number of aromatic nitrogens is 2. The van der Waals surface area contributed by atoms with Crippen molar-refractivity contribution in [1.82, 2.24) is 9.78 Å². The van der Waals surface area contributed by atoms with E-state index >= 15 is 0 Å². The van der Waals surface area contributed by atoms with Crippen molar-refractivity contribution >= 4 is 11.6 Å². The highest BCUT2D eigenvalue weighted by Crippen LogP contribution is 2.27. The lowest BCUT2D eigenvalue weighted by atomic mass is 10.1. The third-order valence-electron chi connectivity index (χ3n) is 5.67. The van der Waals surface area contributed by atoms with Crippen molar-refractivity contribution in [2.75, 3.05) is 12.4 Å². The van der Waals surface area contributed by atoms with E-state index in [0.29, 0.717) is 11.4 Å². The summed E-state index contributed by atoms with van der Waals surface area (Å²) in [5.74, 6) is 0.528. The lowest BCUT2D eigenvalue weighted by Gasteiger charge is -2.12. The van der Waals surface area contributed by atoms with Gasteiger partial charge >= 0.3 is 0 Å². The Morgan fingerprint density at radius 3 is 2.41 bits per heavy atom. The van der Waals surface area contributed by atoms with Crippen LogP contribution in [0.1, 0.15) is 32.7 Å². The van der Waals surface area contributed by atoms with Gasteiger partial charge in [-0.25, -0.2) is 4.68 Å². The zero-order chi connectivity index (χ0) is 22.8. The van der Waals surface area contributed by atoms with Gasteiger partial charge in [-0.3, -0.25) is 4.79 Å². The molecule has 1 amide bonds. The van der Waals surface area contributed by atoms with E-state index < -0.39 is 0 Å². The van der Waals surface area contributed by atoms with E-state index in [0.717, 1.165) is 39.4 Å². The second-order valence-electron chi connectivity index (χ2n) is 8.10. The summed E-state index contributed by atoms with van der Waals surface area (Å²) < 4.78 is 7.10. The van der Waals surface area contributed by atoms with Gasteiger partial charge in [0.1, 0.15) is 11.4 Å². The topological polar surface area (TPSA) is 56.1 Å². The van der Waals surface area contributed by atoms with Crippen molar-refractivity contribution in [2.45, 2.75) is 27.7 Å². The van der Waals surface area contributed by atoms with Crippen LogP contribution in [0.4, 0.5) is 5.69 Å². The Hall–Kier alpha value is -3.86. The molecule has 0 aliphatic heterocycles. The molecule has 0 unspecified atom stereocenters. The number of rotatable bonds is 5. The van der Waals surface area contributed by atoms with Gasteiger partial charge in [-0.15, -0.1) is 0 Å². The molecule has 3 aromatic carbocycles. The van der Waals surface area contributed by atoms with Crippen molar-refractivity contribution in [3.63, 3.8) is 0 Å². The Bertz CT molecular complexity index is 1300. The number of ether oxygens (including phenoxy) is 1. The molecule has 0 spiro atoms. The van der Waals surface area contributed by atoms with Crippen molar-refractivity contribution in [3.8, 4) is 22.7 Å². The van der Waals surface area contributed by atoms with E-state index in [1.165, 1.54) is 5.56 Å².